The van der Waals surface area contributed by atoms with Crippen molar-refractivity contribution in [3.63, 3.8) is 0 Å². The summed E-state index contributed by atoms with van der Waals surface area (Å²) >= 11 is 0. The van der Waals surface area contributed by atoms with Gasteiger partial charge in [-0.05, 0) is 63.0 Å². The largest absolute Gasteiger partial charge is 0.299 e. The van der Waals surface area contributed by atoms with E-state index < -0.39 is 0 Å². The van der Waals surface area contributed by atoms with Crippen LogP contribution < -0.4 is 0 Å². The number of rotatable bonds is 3. The summed E-state index contributed by atoms with van der Waals surface area (Å²) in [6.45, 7) is 7.69. The van der Waals surface area contributed by atoms with E-state index in [0.717, 1.165) is 43.9 Å². The van der Waals surface area contributed by atoms with Gasteiger partial charge < -0.3 is 0 Å². The van der Waals surface area contributed by atoms with E-state index >= 15 is 0 Å². The van der Waals surface area contributed by atoms with Crippen molar-refractivity contribution in [1.29, 1.82) is 0 Å². The molecule has 1 aliphatic heterocycles. The second-order valence-electron chi connectivity index (χ2n) is 6.97. The molecular weight excluding hydrogens is 296 g/mol. The third kappa shape index (κ3) is 2.94. The van der Waals surface area contributed by atoms with Gasteiger partial charge in [0.2, 0.25) is 0 Å². The summed E-state index contributed by atoms with van der Waals surface area (Å²) in [5, 5.41) is 8.75. The maximum Gasteiger partial charge on any atom is 0.160 e. The Morgan fingerprint density at radius 2 is 1.88 bits per heavy atom. The summed E-state index contributed by atoms with van der Waals surface area (Å²) < 4.78 is 2.14. The SMILES string of the molecule is Cc1ccc(C)c(CN2CCC(c3nnc4ccccn34)CC2)c1. The first-order valence-electron chi connectivity index (χ1n) is 8.79. The van der Waals surface area contributed by atoms with E-state index in [1.807, 2.05) is 12.1 Å². The summed E-state index contributed by atoms with van der Waals surface area (Å²) in [6.07, 6.45) is 4.38. The molecule has 3 aromatic rings. The Morgan fingerprint density at radius 1 is 1.04 bits per heavy atom. The number of nitrogens with zero attached hydrogens (tertiary/aromatic N) is 4. The molecule has 3 heterocycles. The fraction of sp³-hybridized carbons (Fsp3) is 0.400. The van der Waals surface area contributed by atoms with Crippen LogP contribution in [0.15, 0.2) is 42.6 Å². The summed E-state index contributed by atoms with van der Waals surface area (Å²) in [6, 6.07) is 12.8. The smallest absolute Gasteiger partial charge is 0.160 e. The molecule has 4 heteroatoms. The number of piperidine rings is 1. The van der Waals surface area contributed by atoms with Crippen molar-refractivity contribution in [3.8, 4) is 0 Å². The fourth-order valence-corrected chi connectivity index (χ4v) is 3.70. The molecule has 0 unspecified atom stereocenters. The first-order valence-corrected chi connectivity index (χ1v) is 8.79. The summed E-state index contributed by atoms with van der Waals surface area (Å²) in [5.41, 5.74) is 5.15. The first-order chi connectivity index (χ1) is 11.7. The van der Waals surface area contributed by atoms with E-state index in [0.29, 0.717) is 5.92 Å². The standard InChI is InChI=1S/C20H24N4/c1-15-6-7-16(2)18(13-15)14-23-11-8-17(9-12-23)20-22-21-19-5-3-4-10-24(19)20/h3-7,10,13,17H,8-9,11-12,14H2,1-2H3. The van der Waals surface area contributed by atoms with Crippen molar-refractivity contribution in [2.45, 2.75) is 39.2 Å². The van der Waals surface area contributed by atoms with Crippen molar-refractivity contribution in [2.75, 3.05) is 13.1 Å². The predicted molar refractivity (Wildman–Crippen MR) is 96.2 cm³/mol. The molecule has 0 N–H and O–H groups in total. The van der Waals surface area contributed by atoms with E-state index in [4.69, 9.17) is 0 Å². The van der Waals surface area contributed by atoms with Gasteiger partial charge in [0.25, 0.3) is 0 Å². The highest BCUT2D eigenvalue weighted by atomic mass is 15.2. The van der Waals surface area contributed by atoms with E-state index in [1.54, 1.807) is 0 Å². The van der Waals surface area contributed by atoms with Gasteiger partial charge in [-0.25, -0.2) is 0 Å². The minimum Gasteiger partial charge on any atom is -0.299 e. The lowest BCUT2D eigenvalue weighted by molar-refractivity contribution is 0.201. The lowest BCUT2D eigenvalue weighted by Crippen LogP contribution is -2.33. The topological polar surface area (TPSA) is 33.4 Å². The van der Waals surface area contributed by atoms with Crippen LogP contribution in [-0.2, 0) is 6.54 Å². The van der Waals surface area contributed by atoms with Crippen LogP contribution in [0.3, 0.4) is 0 Å². The number of hydrogen-bond donors (Lipinski definition) is 0. The Labute approximate surface area is 143 Å². The molecule has 4 rings (SSSR count). The van der Waals surface area contributed by atoms with E-state index in [9.17, 15) is 0 Å². The molecule has 4 nitrogen and oxygen atoms in total. The van der Waals surface area contributed by atoms with Crippen LogP contribution >= 0.6 is 0 Å². The van der Waals surface area contributed by atoms with Crippen LogP contribution in [0, 0.1) is 13.8 Å². The number of benzene rings is 1. The normalized spacial score (nSPS) is 16.8. The molecule has 0 bridgehead atoms. The van der Waals surface area contributed by atoms with Crippen LogP contribution in [0.2, 0.25) is 0 Å². The van der Waals surface area contributed by atoms with Crippen molar-refractivity contribution < 1.29 is 0 Å². The highest BCUT2D eigenvalue weighted by Gasteiger charge is 2.24. The molecule has 0 radical (unpaired) electrons. The molecule has 0 spiro atoms. The number of aryl methyl sites for hydroxylation is 2. The average Bonchev–Trinajstić information content (AvgIpc) is 3.03. The van der Waals surface area contributed by atoms with Crippen LogP contribution in [0.4, 0.5) is 0 Å². The maximum atomic E-state index is 4.45. The Hall–Kier alpha value is -2.20. The predicted octanol–water partition coefficient (Wildman–Crippen LogP) is 3.73. The van der Waals surface area contributed by atoms with E-state index in [-0.39, 0.29) is 0 Å². The molecular formula is C20H24N4. The third-order valence-corrected chi connectivity index (χ3v) is 5.19. The van der Waals surface area contributed by atoms with Gasteiger partial charge in [0.1, 0.15) is 5.82 Å². The number of likely N-dealkylation sites (tertiary alicyclic amines) is 1. The minimum absolute atomic E-state index is 0.511. The molecule has 0 aliphatic carbocycles. The van der Waals surface area contributed by atoms with Crippen molar-refractivity contribution in [1.82, 2.24) is 19.5 Å². The molecule has 24 heavy (non-hydrogen) atoms. The summed E-state index contributed by atoms with van der Waals surface area (Å²) in [4.78, 5) is 2.57. The second-order valence-corrected chi connectivity index (χ2v) is 6.97. The van der Waals surface area contributed by atoms with Gasteiger partial charge in [-0.3, -0.25) is 9.30 Å². The Kier molecular flexibility index (Phi) is 4.07. The Bertz CT molecular complexity index is 844. The zero-order valence-electron chi connectivity index (χ0n) is 14.4. The van der Waals surface area contributed by atoms with Crippen LogP contribution in [-0.4, -0.2) is 32.6 Å². The zero-order valence-corrected chi connectivity index (χ0v) is 14.4. The molecule has 0 atom stereocenters. The number of pyridine rings is 1. The van der Waals surface area contributed by atoms with Crippen LogP contribution in [0.1, 0.15) is 41.3 Å². The fourth-order valence-electron chi connectivity index (χ4n) is 3.70. The van der Waals surface area contributed by atoms with Gasteiger partial charge in [0.05, 0.1) is 0 Å². The quantitative estimate of drug-likeness (QED) is 0.737. The molecule has 0 saturated carbocycles. The number of hydrogen-bond acceptors (Lipinski definition) is 3. The molecule has 0 amide bonds. The van der Waals surface area contributed by atoms with Gasteiger partial charge in [-0.15, -0.1) is 10.2 Å². The highest BCUT2D eigenvalue weighted by Crippen LogP contribution is 2.28. The van der Waals surface area contributed by atoms with Crippen molar-refractivity contribution in [3.05, 3.63) is 65.1 Å². The first kappa shape index (κ1) is 15.3. The monoisotopic (exact) mass is 320 g/mol. The molecule has 2 aromatic heterocycles. The maximum absolute atomic E-state index is 4.45. The highest BCUT2D eigenvalue weighted by molar-refractivity contribution is 5.37. The summed E-state index contributed by atoms with van der Waals surface area (Å²) in [5.74, 6) is 1.63. The number of fused-ring (bicyclic) bond motifs is 1. The molecule has 1 fully saturated rings. The number of aromatic nitrogens is 3. The molecule has 124 valence electrons. The Morgan fingerprint density at radius 3 is 2.71 bits per heavy atom. The van der Waals surface area contributed by atoms with Gasteiger partial charge in [-0.2, -0.15) is 0 Å². The van der Waals surface area contributed by atoms with Crippen LogP contribution in [0.25, 0.3) is 5.65 Å². The molecule has 1 aromatic carbocycles. The summed E-state index contributed by atoms with van der Waals surface area (Å²) in [7, 11) is 0. The Balaban J connectivity index is 1.44. The van der Waals surface area contributed by atoms with Gasteiger partial charge in [0.15, 0.2) is 5.65 Å². The van der Waals surface area contributed by atoms with Gasteiger partial charge in [-0.1, -0.05) is 29.8 Å². The van der Waals surface area contributed by atoms with E-state index in [2.05, 4.69) is 63.8 Å². The van der Waals surface area contributed by atoms with Crippen LogP contribution in [0.5, 0.6) is 0 Å². The lowest BCUT2D eigenvalue weighted by atomic mass is 9.95. The van der Waals surface area contributed by atoms with Gasteiger partial charge in [0, 0.05) is 18.7 Å². The van der Waals surface area contributed by atoms with Gasteiger partial charge >= 0.3 is 0 Å². The lowest BCUT2D eigenvalue weighted by Gasteiger charge is -2.31. The second kappa shape index (κ2) is 6.36. The van der Waals surface area contributed by atoms with E-state index in [1.165, 1.54) is 16.7 Å². The van der Waals surface area contributed by atoms with Crippen molar-refractivity contribution in [2.24, 2.45) is 0 Å². The molecule has 1 saturated heterocycles. The molecule has 1 aliphatic rings. The minimum atomic E-state index is 0.511. The third-order valence-electron chi connectivity index (χ3n) is 5.19. The van der Waals surface area contributed by atoms with Crippen molar-refractivity contribution >= 4 is 5.65 Å². The zero-order chi connectivity index (χ0) is 16.5. The average molecular weight is 320 g/mol.